The van der Waals surface area contributed by atoms with Crippen LogP contribution in [-0.2, 0) is 5.92 Å². The smallest absolute Gasteiger partial charge is 0.323 e. The van der Waals surface area contributed by atoms with E-state index in [1.807, 2.05) is 0 Å². The van der Waals surface area contributed by atoms with E-state index in [-0.39, 0.29) is 10.6 Å². The molecule has 0 heterocycles. The lowest BCUT2D eigenvalue weighted by Gasteiger charge is -2.15. The molecule has 0 fully saturated rings. The molecule has 1 aromatic rings. The highest BCUT2D eigenvalue weighted by molar-refractivity contribution is 7.80. The molecule has 0 bridgehead atoms. The standard InChI is InChI=1S/C8H6ClF2NS/c9-6-4-2-1-3-5(6)8(10,11)7(12)13/h1-4H,(H2,12,13). The molecule has 0 saturated carbocycles. The first-order chi connectivity index (χ1) is 5.96. The molecule has 0 amide bonds. The van der Waals surface area contributed by atoms with Crippen LogP contribution in [0, 0.1) is 0 Å². The maximum absolute atomic E-state index is 13.2. The van der Waals surface area contributed by atoms with Crippen molar-refractivity contribution in [3.05, 3.63) is 34.9 Å². The Hall–Kier alpha value is -0.740. The summed E-state index contributed by atoms with van der Waals surface area (Å²) in [6.07, 6.45) is 0. The molecule has 5 heteroatoms. The Morgan fingerprint density at radius 1 is 1.38 bits per heavy atom. The Kier molecular flexibility index (Phi) is 2.83. The van der Waals surface area contributed by atoms with Gasteiger partial charge in [-0.3, -0.25) is 0 Å². The van der Waals surface area contributed by atoms with Gasteiger partial charge in [-0.2, -0.15) is 8.78 Å². The van der Waals surface area contributed by atoms with Gasteiger partial charge < -0.3 is 5.73 Å². The number of rotatable bonds is 2. The lowest BCUT2D eigenvalue weighted by molar-refractivity contribution is 0.0777. The molecule has 0 saturated heterocycles. The van der Waals surface area contributed by atoms with Gasteiger partial charge in [0, 0.05) is 5.56 Å². The SMILES string of the molecule is NC(=S)C(F)(F)c1ccccc1Cl. The zero-order valence-corrected chi connectivity index (χ0v) is 8.00. The molecule has 0 radical (unpaired) electrons. The van der Waals surface area contributed by atoms with Crippen LogP contribution in [0.1, 0.15) is 5.56 Å². The summed E-state index contributed by atoms with van der Waals surface area (Å²) in [4.78, 5) is -0.874. The molecule has 0 aliphatic carbocycles. The van der Waals surface area contributed by atoms with Crippen LogP contribution < -0.4 is 5.73 Å². The van der Waals surface area contributed by atoms with Crippen LogP contribution in [0.5, 0.6) is 0 Å². The fraction of sp³-hybridized carbons (Fsp3) is 0.125. The fourth-order valence-corrected chi connectivity index (χ4v) is 1.21. The Morgan fingerprint density at radius 2 is 1.92 bits per heavy atom. The third-order valence-electron chi connectivity index (χ3n) is 1.52. The number of nitrogens with two attached hydrogens (primary N) is 1. The van der Waals surface area contributed by atoms with Crippen molar-refractivity contribution < 1.29 is 8.78 Å². The second-order valence-corrected chi connectivity index (χ2v) is 3.27. The predicted molar refractivity (Wildman–Crippen MR) is 52.1 cm³/mol. The van der Waals surface area contributed by atoms with Crippen molar-refractivity contribution >= 4 is 28.8 Å². The molecule has 1 aromatic carbocycles. The summed E-state index contributed by atoms with van der Waals surface area (Å²) in [5.74, 6) is -3.34. The van der Waals surface area contributed by atoms with Crippen molar-refractivity contribution in [3.8, 4) is 0 Å². The third kappa shape index (κ3) is 1.95. The molecule has 0 unspecified atom stereocenters. The van der Waals surface area contributed by atoms with Gasteiger partial charge in [0.25, 0.3) is 0 Å². The number of benzene rings is 1. The highest BCUT2D eigenvalue weighted by Crippen LogP contribution is 2.33. The van der Waals surface area contributed by atoms with Gasteiger partial charge in [0.15, 0.2) is 0 Å². The number of hydrogen-bond donors (Lipinski definition) is 1. The highest BCUT2D eigenvalue weighted by Gasteiger charge is 2.36. The van der Waals surface area contributed by atoms with Crippen LogP contribution in [0.4, 0.5) is 8.78 Å². The largest absolute Gasteiger partial charge is 0.388 e. The normalized spacial score (nSPS) is 11.3. The molecular formula is C8H6ClF2NS. The molecule has 0 aliphatic heterocycles. The quantitative estimate of drug-likeness (QED) is 0.778. The first kappa shape index (κ1) is 10.3. The van der Waals surface area contributed by atoms with Crippen LogP contribution >= 0.6 is 23.8 Å². The maximum atomic E-state index is 13.2. The van der Waals surface area contributed by atoms with Crippen molar-refractivity contribution in [2.75, 3.05) is 0 Å². The molecule has 70 valence electrons. The summed E-state index contributed by atoms with van der Waals surface area (Å²) in [7, 11) is 0. The van der Waals surface area contributed by atoms with Gasteiger partial charge in [0.1, 0.15) is 4.99 Å². The van der Waals surface area contributed by atoms with Gasteiger partial charge in [-0.15, -0.1) is 0 Å². The summed E-state index contributed by atoms with van der Waals surface area (Å²) in [5.41, 5.74) is 4.54. The van der Waals surface area contributed by atoms with E-state index in [4.69, 9.17) is 17.3 Å². The van der Waals surface area contributed by atoms with Crippen molar-refractivity contribution in [1.29, 1.82) is 0 Å². The number of alkyl halides is 2. The lowest BCUT2D eigenvalue weighted by Crippen LogP contribution is -2.31. The summed E-state index contributed by atoms with van der Waals surface area (Å²) >= 11 is 9.80. The Bertz CT molecular complexity index is 341. The molecule has 1 nitrogen and oxygen atoms in total. The molecule has 13 heavy (non-hydrogen) atoms. The molecule has 0 atom stereocenters. The molecular weight excluding hydrogens is 216 g/mol. The summed E-state index contributed by atoms with van der Waals surface area (Å²) in [6.45, 7) is 0. The van der Waals surface area contributed by atoms with Gasteiger partial charge in [-0.05, 0) is 6.07 Å². The van der Waals surface area contributed by atoms with E-state index >= 15 is 0 Å². The maximum Gasteiger partial charge on any atom is 0.323 e. The molecule has 0 aromatic heterocycles. The Labute approximate surface area is 84.5 Å². The number of thiocarbonyl (C=S) groups is 1. The summed E-state index contributed by atoms with van der Waals surface area (Å²) < 4.78 is 26.4. The van der Waals surface area contributed by atoms with Crippen LogP contribution in [0.3, 0.4) is 0 Å². The van der Waals surface area contributed by atoms with Gasteiger partial charge in [-0.1, -0.05) is 42.0 Å². The molecule has 0 aliphatic rings. The van der Waals surface area contributed by atoms with Crippen LogP contribution in [0.15, 0.2) is 24.3 Å². The first-order valence-corrected chi connectivity index (χ1v) is 4.17. The predicted octanol–water partition coefficient (Wildman–Crippen LogP) is 2.72. The Balaban J connectivity index is 3.22. The minimum atomic E-state index is -3.34. The van der Waals surface area contributed by atoms with Crippen molar-refractivity contribution in [3.63, 3.8) is 0 Å². The highest BCUT2D eigenvalue weighted by atomic mass is 35.5. The number of halogens is 3. The monoisotopic (exact) mass is 221 g/mol. The van der Waals surface area contributed by atoms with E-state index in [0.717, 1.165) is 0 Å². The minimum absolute atomic E-state index is 0.0414. The molecule has 2 N–H and O–H groups in total. The van der Waals surface area contributed by atoms with Crippen LogP contribution in [0.25, 0.3) is 0 Å². The summed E-state index contributed by atoms with van der Waals surface area (Å²) in [5, 5.41) is -0.0414. The molecule has 1 rings (SSSR count). The van der Waals surface area contributed by atoms with Crippen LogP contribution in [-0.4, -0.2) is 4.99 Å². The average molecular weight is 222 g/mol. The average Bonchev–Trinajstić information content (AvgIpc) is 2.04. The van der Waals surface area contributed by atoms with E-state index in [1.165, 1.54) is 18.2 Å². The number of hydrogen-bond acceptors (Lipinski definition) is 1. The zero-order valence-electron chi connectivity index (χ0n) is 6.43. The van der Waals surface area contributed by atoms with Gasteiger partial charge in [-0.25, -0.2) is 0 Å². The van der Waals surface area contributed by atoms with Crippen molar-refractivity contribution in [2.45, 2.75) is 5.92 Å². The Morgan fingerprint density at radius 3 is 2.38 bits per heavy atom. The zero-order chi connectivity index (χ0) is 10.1. The topological polar surface area (TPSA) is 26.0 Å². The van der Waals surface area contributed by atoms with Crippen molar-refractivity contribution in [1.82, 2.24) is 0 Å². The third-order valence-corrected chi connectivity index (χ3v) is 2.11. The van der Waals surface area contributed by atoms with E-state index in [9.17, 15) is 8.78 Å². The van der Waals surface area contributed by atoms with Gasteiger partial charge in [0.05, 0.1) is 5.02 Å². The lowest BCUT2D eigenvalue weighted by atomic mass is 10.1. The second-order valence-electron chi connectivity index (χ2n) is 2.42. The van der Waals surface area contributed by atoms with E-state index in [1.54, 1.807) is 6.07 Å². The summed E-state index contributed by atoms with van der Waals surface area (Å²) in [6, 6.07) is 5.57. The van der Waals surface area contributed by atoms with E-state index in [2.05, 4.69) is 12.2 Å². The van der Waals surface area contributed by atoms with Crippen molar-refractivity contribution in [2.24, 2.45) is 5.73 Å². The van der Waals surface area contributed by atoms with Gasteiger partial charge >= 0.3 is 5.92 Å². The van der Waals surface area contributed by atoms with E-state index < -0.39 is 10.9 Å². The van der Waals surface area contributed by atoms with Gasteiger partial charge in [0.2, 0.25) is 0 Å². The fourth-order valence-electron chi connectivity index (χ4n) is 0.849. The second kappa shape index (κ2) is 3.55. The van der Waals surface area contributed by atoms with Crippen LogP contribution in [0.2, 0.25) is 5.02 Å². The van der Waals surface area contributed by atoms with E-state index in [0.29, 0.717) is 0 Å². The minimum Gasteiger partial charge on any atom is -0.388 e. The first-order valence-electron chi connectivity index (χ1n) is 3.39. The molecule has 0 spiro atoms.